The molecule has 0 aliphatic carbocycles. The minimum atomic E-state index is -0.598. The van der Waals surface area contributed by atoms with Crippen molar-refractivity contribution < 1.29 is 9.53 Å². The second-order valence-corrected chi connectivity index (χ2v) is 4.69. The van der Waals surface area contributed by atoms with E-state index in [1.807, 2.05) is 0 Å². The van der Waals surface area contributed by atoms with Crippen LogP contribution >= 0.6 is 11.6 Å². The third kappa shape index (κ3) is 2.78. The number of nitrogens with zero attached hydrogens (tertiary/aromatic N) is 2. The Kier molecular flexibility index (Phi) is 3.41. The van der Waals surface area contributed by atoms with E-state index < -0.39 is 5.97 Å². The van der Waals surface area contributed by atoms with Crippen molar-refractivity contribution in [2.24, 2.45) is 0 Å². The van der Waals surface area contributed by atoms with E-state index in [4.69, 9.17) is 16.3 Å². The predicted molar refractivity (Wildman–Crippen MR) is 77.9 cm³/mol. The zero-order chi connectivity index (χ0) is 14.8. The molecule has 104 valence electrons. The van der Waals surface area contributed by atoms with E-state index >= 15 is 0 Å². The van der Waals surface area contributed by atoms with Crippen LogP contribution in [0.1, 0.15) is 10.4 Å². The molecular weight excluding hydrogens is 292 g/mol. The monoisotopic (exact) mass is 300 g/mol. The lowest BCUT2D eigenvalue weighted by molar-refractivity contribution is 0.0727. The van der Waals surface area contributed by atoms with Crippen molar-refractivity contribution in [1.29, 1.82) is 0 Å². The average molecular weight is 301 g/mol. The predicted octanol–water partition coefficient (Wildman–Crippen LogP) is 2.57. The molecular formula is C15H9ClN2O3. The summed E-state index contributed by atoms with van der Waals surface area (Å²) in [4.78, 5) is 27.9. The van der Waals surface area contributed by atoms with Crippen LogP contribution in [0, 0.1) is 0 Å². The molecule has 0 amide bonds. The van der Waals surface area contributed by atoms with Gasteiger partial charge in [-0.05, 0) is 36.4 Å². The van der Waals surface area contributed by atoms with Gasteiger partial charge in [-0.25, -0.2) is 4.79 Å². The number of hydrogen-bond donors (Lipinski definition) is 0. The van der Waals surface area contributed by atoms with Crippen LogP contribution in [0.25, 0.3) is 5.65 Å². The van der Waals surface area contributed by atoms with Gasteiger partial charge < -0.3 is 4.74 Å². The second-order valence-electron chi connectivity index (χ2n) is 4.26. The molecule has 0 saturated carbocycles. The van der Waals surface area contributed by atoms with E-state index in [0.717, 1.165) is 0 Å². The summed E-state index contributed by atoms with van der Waals surface area (Å²) in [6.45, 7) is 0. The molecule has 0 unspecified atom stereocenters. The first kappa shape index (κ1) is 13.3. The summed E-state index contributed by atoms with van der Waals surface area (Å²) < 4.78 is 6.48. The fourth-order valence-electron chi connectivity index (χ4n) is 1.82. The topological polar surface area (TPSA) is 60.7 Å². The number of halogens is 1. The molecule has 21 heavy (non-hydrogen) atoms. The van der Waals surface area contributed by atoms with E-state index in [-0.39, 0.29) is 11.4 Å². The molecule has 0 atom stereocenters. The first-order valence-electron chi connectivity index (χ1n) is 6.10. The van der Waals surface area contributed by atoms with Gasteiger partial charge >= 0.3 is 5.97 Å². The van der Waals surface area contributed by atoms with Crippen LogP contribution in [0.3, 0.4) is 0 Å². The Balaban J connectivity index is 1.93. The molecule has 3 rings (SSSR count). The molecule has 0 aliphatic rings. The highest BCUT2D eigenvalue weighted by atomic mass is 35.5. The van der Waals surface area contributed by atoms with Crippen molar-refractivity contribution in [2.75, 3.05) is 0 Å². The van der Waals surface area contributed by atoms with Crippen LogP contribution in [0.4, 0.5) is 0 Å². The highest BCUT2D eigenvalue weighted by Gasteiger charge is 2.11. The van der Waals surface area contributed by atoms with Gasteiger partial charge in [0.2, 0.25) is 5.88 Å². The Labute approximate surface area is 124 Å². The number of pyridine rings is 1. The molecule has 6 heteroatoms. The summed E-state index contributed by atoms with van der Waals surface area (Å²) >= 11 is 5.75. The Bertz CT molecular complexity index is 872. The van der Waals surface area contributed by atoms with Gasteiger partial charge in [-0.3, -0.25) is 9.20 Å². The Hall–Kier alpha value is -2.66. The quantitative estimate of drug-likeness (QED) is 0.682. The lowest BCUT2D eigenvalue weighted by atomic mass is 10.2. The Morgan fingerprint density at radius 3 is 2.67 bits per heavy atom. The molecule has 0 N–H and O–H groups in total. The highest BCUT2D eigenvalue weighted by Crippen LogP contribution is 2.12. The fraction of sp³-hybridized carbons (Fsp3) is 0. The van der Waals surface area contributed by atoms with Crippen molar-refractivity contribution in [1.82, 2.24) is 9.38 Å². The third-order valence-electron chi connectivity index (χ3n) is 2.82. The Morgan fingerprint density at radius 2 is 1.90 bits per heavy atom. The van der Waals surface area contributed by atoms with Crippen LogP contribution < -0.4 is 10.3 Å². The number of aromatic nitrogens is 2. The van der Waals surface area contributed by atoms with Gasteiger partial charge in [-0.1, -0.05) is 17.7 Å². The SMILES string of the molecule is O=C(Oc1cc(=O)n2ccccc2n1)c1ccc(Cl)cc1. The van der Waals surface area contributed by atoms with Crippen molar-refractivity contribution >= 4 is 23.2 Å². The molecule has 0 fully saturated rings. The van der Waals surface area contributed by atoms with E-state index in [2.05, 4.69) is 4.98 Å². The summed E-state index contributed by atoms with van der Waals surface area (Å²) in [6, 6.07) is 12.5. The zero-order valence-corrected chi connectivity index (χ0v) is 11.4. The minimum absolute atomic E-state index is 0.0360. The van der Waals surface area contributed by atoms with Crippen molar-refractivity contribution in [3.63, 3.8) is 0 Å². The van der Waals surface area contributed by atoms with E-state index in [0.29, 0.717) is 16.2 Å². The van der Waals surface area contributed by atoms with Gasteiger partial charge in [0.15, 0.2) is 0 Å². The van der Waals surface area contributed by atoms with Crippen molar-refractivity contribution in [3.05, 3.63) is 75.7 Å². The first-order valence-corrected chi connectivity index (χ1v) is 6.47. The second kappa shape index (κ2) is 5.38. The number of ether oxygens (including phenoxy) is 1. The van der Waals surface area contributed by atoms with Crippen LogP contribution in [0.15, 0.2) is 59.5 Å². The maximum Gasteiger partial charge on any atom is 0.344 e. The van der Waals surface area contributed by atoms with E-state index in [1.165, 1.54) is 10.5 Å². The lowest BCUT2D eigenvalue weighted by Crippen LogP contribution is -2.16. The van der Waals surface area contributed by atoms with Crippen molar-refractivity contribution in [2.45, 2.75) is 0 Å². The largest absolute Gasteiger partial charge is 0.404 e. The molecule has 0 radical (unpaired) electrons. The molecule has 0 bridgehead atoms. The van der Waals surface area contributed by atoms with E-state index in [9.17, 15) is 9.59 Å². The Morgan fingerprint density at radius 1 is 1.14 bits per heavy atom. The summed E-state index contributed by atoms with van der Waals surface area (Å²) in [5, 5.41) is 0.522. The fourth-order valence-corrected chi connectivity index (χ4v) is 1.95. The standard InChI is InChI=1S/C15H9ClN2O3/c16-11-6-4-10(5-7-11)15(20)21-13-9-14(19)18-8-2-1-3-12(18)17-13/h1-9H. The van der Waals surface area contributed by atoms with Gasteiger partial charge in [0.25, 0.3) is 5.56 Å². The smallest absolute Gasteiger partial charge is 0.344 e. The number of benzene rings is 1. The number of hydrogen-bond acceptors (Lipinski definition) is 4. The number of carbonyl (C=O) groups excluding carboxylic acids is 1. The van der Waals surface area contributed by atoms with Crippen LogP contribution in [-0.2, 0) is 0 Å². The summed E-state index contributed by atoms with van der Waals surface area (Å²) in [5.41, 5.74) is 0.415. The minimum Gasteiger partial charge on any atom is -0.404 e. The lowest BCUT2D eigenvalue weighted by Gasteiger charge is -2.05. The molecule has 3 aromatic rings. The summed E-state index contributed by atoms with van der Waals surface area (Å²) in [6.07, 6.45) is 1.59. The summed E-state index contributed by atoms with van der Waals surface area (Å²) in [7, 11) is 0. The molecule has 5 nitrogen and oxygen atoms in total. The van der Waals surface area contributed by atoms with Crippen molar-refractivity contribution in [3.8, 4) is 5.88 Å². The van der Waals surface area contributed by atoms with Gasteiger partial charge in [0, 0.05) is 11.2 Å². The normalized spacial score (nSPS) is 10.5. The molecule has 0 spiro atoms. The first-order chi connectivity index (χ1) is 10.1. The highest BCUT2D eigenvalue weighted by molar-refractivity contribution is 6.30. The molecule has 0 aliphatic heterocycles. The number of fused-ring (bicyclic) bond motifs is 1. The maximum atomic E-state index is 12.0. The molecule has 0 saturated heterocycles. The average Bonchev–Trinajstić information content (AvgIpc) is 2.48. The third-order valence-corrected chi connectivity index (χ3v) is 3.08. The van der Waals surface area contributed by atoms with Gasteiger partial charge in [-0.15, -0.1) is 0 Å². The van der Waals surface area contributed by atoms with Gasteiger partial charge in [0.05, 0.1) is 11.6 Å². The number of rotatable bonds is 2. The van der Waals surface area contributed by atoms with Crippen LogP contribution in [0.5, 0.6) is 5.88 Å². The van der Waals surface area contributed by atoms with Gasteiger partial charge in [-0.2, -0.15) is 4.98 Å². The molecule has 1 aromatic carbocycles. The zero-order valence-electron chi connectivity index (χ0n) is 10.7. The summed E-state index contributed by atoms with van der Waals surface area (Å²) in [5.74, 6) is -0.634. The van der Waals surface area contributed by atoms with E-state index in [1.54, 1.807) is 48.7 Å². The number of esters is 1. The molecule has 2 heterocycles. The van der Waals surface area contributed by atoms with Crippen LogP contribution in [0.2, 0.25) is 5.02 Å². The number of carbonyl (C=O) groups is 1. The maximum absolute atomic E-state index is 12.0. The van der Waals surface area contributed by atoms with Gasteiger partial charge in [0.1, 0.15) is 5.65 Å². The van der Waals surface area contributed by atoms with Crippen LogP contribution in [-0.4, -0.2) is 15.4 Å². The molecule has 2 aromatic heterocycles.